The van der Waals surface area contributed by atoms with E-state index in [1.165, 1.54) is 11.1 Å². The van der Waals surface area contributed by atoms with Gasteiger partial charge in [0.15, 0.2) is 0 Å². The van der Waals surface area contributed by atoms with Gasteiger partial charge in [0.25, 0.3) is 0 Å². The summed E-state index contributed by atoms with van der Waals surface area (Å²) in [6.07, 6.45) is 4.53. The molecule has 0 atom stereocenters. The summed E-state index contributed by atoms with van der Waals surface area (Å²) in [5.74, 6) is -0.123. The number of hydrogen-bond donors (Lipinski definition) is 0. The maximum atomic E-state index is 13.2. The Balaban J connectivity index is 0.00000193. The van der Waals surface area contributed by atoms with Crippen LogP contribution in [0.2, 0.25) is 0 Å². The first-order valence-corrected chi connectivity index (χ1v) is 11.8. The molecule has 0 aromatic heterocycles. The van der Waals surface area contributed by atoms with Crippen molar-refractivity contribution in [1.29, 1.82) is 0 Å². The zero-order valence-electron chi connectivity index (χ0n) is 19.8. The molecule has 3 aliphatic rings. The Kier molecular flexibility index (Phi) is 10.7. The number of benzene rings is 1. The highest BCUT2D eigenvalue weighted by molar-refractivity contribution is 5.94. The highest BCUT2D eigenvalue weighted by Crippen LogP contribution is 2.28. The standard InChI is InChI=1S/C24H36N4O3.2ClH/c1-3-31-23(29)10-15-26-13-8-21(9-14-26)27-16-17-28(24(27)30)22-5-4-19-6-11-25(2)12-7-20(19)18-22;;/h4-5,18,21H,3,6-17H2,1-2H3;2*1H. The second-order valence-electron chi connectivity index (χ2n) is 9.01. The van der Waals surface area contributed by atoms with Crippen LogP contribution in [0.3, 0.4) is 0 Å². The van der Waals surface area contributed by atoms with E-state index in [0.29, 0.717) is 19.1 Å². The van der Waals surface area contributed by atoms with Crippen molar-refractivity contribution in [3.8, 4) is 0 Å². The summed E-state index contributed by atoms with van der Waals surface area (Å²) < 4.78 is 5.02. The minimum absolute atomic E-state index is 0. The lowest BCUT2D eigenvalue weighted by Crippen LogP contribution is -2.47. The summed E-state index contributed by atoms with van der Waals surface area (Å²) in [4.78, 5) is 33.5. The molecule has 0 radical (unpaired) electrons. The first-order chi connectivity index (χ1) is 15.0. The Morgan fingerprint density at radius 1 is 1.00 bits per heavy atom. The number of likely N-dealkylation sites (tertiary alicyclic amines) is 1. The lowest BCUT2D eigenvalue weighted by Gasteiger charge is -2.36. The summed E-state index contributed by atoms with van der Waals surface area (Å²) in [6.45, 7) is 8.62. The molecule has 3 aliphatic heterocycles. The third-order valence-electron chi connectivity index (χ3n) is 7.00. The van der Waals surface area contributed by atoms with Crippen LogP contribution < -0.4 is 4.90 Å². The predicted octanol–water partition coefficient (Wildman–Crippen LogP) is 3.22. The molecule has 33 heavy (non-hydrogen) atoms. The highest BCUT2D eigenvalue weighted by atomic mass is 35.5. The lowest BCUT2D eigenvalue weighted by molar-refractivity contribution is -0.143. The minimum Gasteiger partial charge on any atom is -0.466 e. The van der Waals surface area contributed by atoms with Crippen LogP contribution in [0.1, 0.15) is 37.3 Å². The Hall–Kier alpha value is -1.54. The molecular weight excluding hydrogens is 463 g/mol. The molecule has 2 fully saturated rings. The van der Waals surface area contributed by atoms with Crippen molar-refractivity contribution in [3.63, 3.8) is 0 Å². The summed E-state index contributed by atoms with van der Waals surface area (Å²) in [7, 11) is 2.18. The van der Waals surface area contributed by atoms with E-state index >= 15 is 0 Å². The molecule has 0 spiro atoms. The van der Waals surface area contributed by atoms with Crippen molar-refractivity contribution < 1.29 is 14.3 Å². The number of likely N-dealkylation sites (N-methyl/N-ethyl adjacent to an activating group) is 1. The van der Waals surface area contributed by atoms with Crippen molar-refractivity contribution in [2.45, 2.75) is 45.1 Å². The van der Waals surface area contributed by atoms with Gasteiger partial charge in [0.1, 0.15) is 0 Å². The molecule has 3 heterocycles. The average Bonchev–Trinajstić information content (AvgIpc) is 3.06. The van der Waals surface area contributed by atoms with Crippen molar-refractivity contribution in [2.24, 2.45) is 0 Å². The maximum absolute atomic E-state index is 13.2. The van der Waals surface area contributed by atoms with E-state index in [1.807, 2.05) is 11.8 Å². The molecule has 7 nitrogen and oxygen atoms in total. The molecule has 9 heteroatoms. The number of halogens is 2. The van der Waals surface area contributed by atoms with Crippen LogP contribution in [0.15, 0.2) is 18.2 Å². The molecule has 0 unspecified atom stereocenters. The average molecular weight is 501 g/mol. The van der Waals surface area contributed by atoms with Crippen LogP contribution in [-0.4, -0.2) is 92.2 Å². The number of anilines is 1. The number of piperidine rings is 1. The van der Waals surface area contributed by atoms with E-state index in [2.05, 4.69) is 39.9 Å². The highest BCUT2D eigenvalue weighted by Gasteiger charge is 2.36. The Bertz CT molecular complexity index is 802. The second-order valence-corrected chi connectivity index (χ2v) is 9.01. The molecule has 2 amide bonds. The molecule has 1 aromatic rings. The SMILES string of the molecule is CCOC(=O)CCN1CCC(N2CCN(c3ccc4c(c3)CCN(C)CC4)C2=O)CC1.Cl.Cl. The summed E-state index contributed by atoms with van der Waals surface area (Å²) in [5, 5.41) is 0. The number of nitrogens with zero attached hydrogens (tertiary/aromatic N) is 4. The number of amides is 2. The van der Waals surface area contributed by atoms with E-state index in [-0.39, 0.29) is 36.8 Å². The van der Waals surface area contributed by atoms with Gasteiger partial charge < -0.3 is 19.4 Å². The van der Waals surface area contributed by atoms with Crippen LogP contribution >= 0.6 is 24.8 Å². The zero-order chi connectivity index (χ0) is 21.8. The lowest BCUT2D eigenvalue weighted by atomic mass is 10.0. The number of esters is 1. The fourth-order valence-electron chi connectivity index (χ4n) is 5.06. The van der Waals surface area contributed by atoms with E-state index in [4.69, 9.17) is 4.74 Å². The van der Waals surface area contributed by atoms with E-state index in [9.17, 15) is 9.59 Å². The molecule has 0 aliphatic carbocycles. The second kappa shape index (κ2) is 12.8. The van der Waals surface area contributed by atoms with Crippen molar-refractivity contribution >= 4 is 42.5 Å². The first-order valence-electron chi connectivity index (χ1n) is 11.8. The Morgan fingerprint density at radius 2 is 1.70 bits per heavy atom. The number of fused-ring (bicyclic) bond motifs is 1. The number of hydrogen-bond acceptors (Lipinski definition) is 5. The van der Waals surface area contributed by atoms with Gasteiger partial charge in [-0.25, -0.2) is 4.79 Å². The van der Waals surface area contributed by atoms with Gasteiger partial charge >= 0.3 is 12.0 Å². The van der Waals surface area contributed by atoms with Crippen LogP contribution in [-0.2, 0) is 22.4 Å². The van der Waals surface area contributed by atoms with Gasteiger partial charge in [-0.05, 0) is 62.9 Å². The van der Waals surface area contributed by atoms with E-state index in [1.54, 1.807) is 0 Å². The molecule has 0 bridgehead atoms. The predicted molar refractivity (Wildman–Crippen MR) is 136 cm³/mol. The van der Waals surface area contributed by atoms with Crippen molar-refractivity contribution in [2.75, 3.05) is 64.4 Å². The monoisotopic (exact) mass is 500 g/mol. The molecule has 2 saturated heterocycles. The molecule has 1 aromatic carbocycles. The third kappa shape index (κ3) is 6.75. The van der Waals surface area contributed by atoms with Gasteiger partial charge in [0.05, 0.1) is 13.0 Å². The van der Waals surface area contributed by atoms with E-state index < -0.39 is 0 Å². The molecule has 4 rings (SSSR count). The van der Waals surface area contributed by atoms with Gasteiger partial charge in [-0.3, -0.25) is 9.69 Å². The zero-order valence-corrected chi connectivity index (χ0v) is 21.5. The third-order valence-corrected chi connectivity index (χ3v) is 7.00. The molecule has 0 saturated carbocycles. The van der Waals surface area contributed by atoms with Gasteiger partial charge in [-0.1, -0.05) is 6.07 Å². The summed E-state index contributed by atoms with van der Waals surface area (Å²) in [5.41, 5.74) is 3.86. The number of carbonyl (C=O) groups excluding carboxylic acids is 2. The van der Waals surface area contributed by atoms with E-state index in [0.717, 1.165) is 77.2 Å². The number of ether oxygens (including phenoxy) is 1. The number of urea groups is 1. The largest absolute Gasteiger partial charge is 0.466 e. The van der Waals surface area contributed by atoms with Crippen LogP contribution in [0.4, 0.5) is 10.5 Å². The fourth-order valence-corrected chi connectivity index (χ4v) is 5.06. The van der Waals surface area contributed by atoms with Crippen LogP contribution in [0.5, 0.6) is 0 Å². The van der Waals surface area contributed by atoms with Crippen LogP contribution in [0, 0.1) is 0 Å². The van der Waals surface area contributed by atoms with Gasteiger partial charge in [-0.2, -0.15) is 0 Å². The molecule has 186 valence electrons. The quantitative estimate of drug-likeness (QED) is 0.561. The first kappa shape index (κ1) is 27.7. The summed E-state index contributed by atoms with van der Waals surface area (Å²) in [6, 6.07) is 7.04. The molecule has 0 N–H and O–H groups in total. The molecular formula is C24H38Cl2N4O3. The summed E-state index contributed by atoms with van der Waals surface area (Å²) >= 11 is 0. The van der Waals surface area contributed by atoms with Crippen molar-refractivity contribution in [3.05, 3.63) is 29.3 Å². The topological polar surface area (TPSA) is 56.3 Å². The van der Waals surface area contributed by atoms with Gasteiger partial charge in [-0.15, -0.1) is 24.8 Å². The smallest absolute Gasteiger partial charge is 0.324 e. The Morgan fingerprint density at radius 3 is 2.39 bits per heavy atom. The van der Waals surface area contributed by atoms with Crippen molar-refractivity contribution in [1.82, 2.24) is 14.7 Å². The maximum Gasteiger partial charge on any atom is 0.324 e. The Labute approximate surface area is 210 Å². The normalized spacial score (nSPS) is 20.0. The van der Waals surface area contributed by atoms with Gasteiger partial charge in [0, 0.05) is 57.5 Å². The number of carbonyl (C=O) groups is 2. The fraction of sp³-hybridized carbons (Fsp3) is 0.667. The minimum atomic E-state index is -0.123. The van der Waals surface area contributed by atoms with Gasteiger partial charge in [0.2, 0.25) is 0 Å². The number of rotatable bonds is 6. The van der Waals surface area contributed by atoms with Crippen LogP contribution in [0.25, 0.3) is 0 Å².